The second-order valence-corrected chi connectivity index (χ2v) is 5.04. The Morgan fingerprint density at radius 2 is 1.85 bits per heavy atom. The molecular weight excluding hydrogens is 346 g/mol. The molecule has 0 aliphatic carbocycles. The zero-order valence-electron chi connectivity index (χ0n) is 14.3. The summed E-state index contributed by atoms with van der Waals surface area (Å²) in [4.78, 5) is 11.9. The van der Waals surface area contributed by atoms with E-state index in [1.165, 1.54) is 32.4 Å². The third-order valence-corrected chi connectivity index (χ3v) is 3.39. The number of halogens is 2. The molecule has 0 saturated heterocycles. The summed E-state index contributed by atoms with van der Waals surface area (Å²) in [6.45, 7) is -3.14. The second kappa shape index (κ2) is 9.41. The highest BCUT2D eigenvalue weighted by Gasteiger charge is 2.10. The third kappa shape index (κ3) is 5.47. The summed E-state index contributed by atoms with van der Waals surface area (Å²) in [7, 11) is 3.04. The first-order valence-electron chi connectivity index (χ1n) is 7.63. The third-order valence-electron chi connectivity index (χ3n) is 3.39. The monoisotopic (exact) mass is 364 g/mol. The first-order chi connectivity index (χ1) is 12.5. The first-order valence-corrected chi connectivity index (χ1v) is 7.63. The van der Waals surface area contributed by atoms with E-state index < -0.39 is 12.6 Å². The summed E-state index contributed by atoms with van der Waals surface area (Å²) in [5.41, 5.74) is 0.971. The predicted molar refractivity (Wildman–Crippen MR) is 91.5 cm³/mol. The van der Waals surface area contributed by atoms with Crippen LogP contribution in [0, 0.1) is 0 Å². The van der Waals surface area contributed by atoms with E-state index in [2.05, 4.69) is 4.74 Å². The van der Waals surface area contributed by atoms with Crippen molar-refractivity contribution >= 4 is 12.0 Å². The van der Waals surface area contributed by atoms with Crippen LogP contribution >= 0.6 is 0 Å². The molecular formula is C19H18F2O5. The lowest BCUT2D eigenvalue weighted by molar-refractivity contribution is -0.139. The number of carbonyl (C=O) groups is 1. The van der Waals surface area contributed by atoms with Gasteiger partial charge in [-0.25, -0.2) is 4.79 Å². The van der Waals surface area contributed by atoms with Gasteiger partial charge in [0.15, 0.2) is 0 Å². The van der Waals surface area contributed by atoms with E-state index >= 15 is 0 Å². The van der Waals surface area contributed by atoms with Crippen molar-refractivity contribution in [1.29, 1.82) is 0 Å². The van der Waals surface area contributed by atoms with Crippen LogP contribution in [-0.4, -0.2) is 26.8 Å². The Balaban J connectivity index is 2.03. The maximum Gasteiger partial charge on any atom is 0.387 e. The van der Waals surface area contributed by atoms with Crippen LogP contribution in [-0.2, 0) is 16.1 Å². The molecule has 0 aromatic heterocycles. The van der Waals surface area contributed by atoms with Crippen molar-refractivity contribution in [2.75, 3.05) is 14.2 Å². The standard InChI is InChI=1S/C19H18F2O5/c1-23-15-8-9-16(24-2)13(11-15)7-10-18(22)25-12-14-5-3-4-6-17(14)26-19(20)21/h3-11,19H,12H2,1-2H3/b10-7+. The quantitative estimate of drug-likeness (QED) is 0.522. The first kappa shape index (κ1) is 19.2. The summed E-state index contributed by atoms with van der Waals surface area (Å²) in [6.07, 6.45) is 2.74. The molecule has 0 fully saturated rings. The number of hydrogen-bond acceptors (Lipinski definition) is 5. The Labute approximate surface area is 149 Å². The number of esters is 1. The van der Waals surface area contributed by atoms with Crippen molar-refractivity contribution in [1.82, 2.24) is 0 Å². The Morgan fingerprint density at radius 3 is 2.54 bits per heavy atom. The minimum absolute atomic E-state index is 0.0336. The number of alkyl halides is 2. The zero-order valence-corrected chi connectivity index (χ0v) is 14.3. The van der Waals surface area contributed by atoms with Crippen LogP contribution in [0.25, 0.3) is 6.08 Å². The van der Waals surface area contributed by atoms with Crippen LogP contribution in [0.1, 0.15) is 11.1 Å². The van der Waals surface area contributed by atoms with E-state index in [1.54, 1.807) is 36.4 Å². The molecule has 0 aliphatic heterocycles. The molecule has 0 amide bonds. The number of benzene rings is 2. The Hall–Kier alpha value is -3.09. The molecule has 0 spiro atoms. The topological polar surface area (TPSA) is 54.0 Å². The van der Waals surface area contributed by atoms with Crippen LogP contribution in [0.2, 0.25) is 0 Å². The van der Waals surface area contributed by atoms with Gasteiger partial charge in [0, 0.05) is 17.2 Å². The normalized spacial score (nSPS) is 10.8. The van der Waals surface area contributed by atoms with Crippen LogP contribution in [0.4, 0.5) is 8.78 Å². The maximum absolute atomic E-state index is 12.4. The molecule has 2 rings (SSSR count). The SMILES string of the molecule is COc1ccc(OC)c(/C=C/C(=O)OCc2ccccc2OC(F)F)c1. The minimum atomic E-state index is -2.95. The summed E-state index contributed by atoms with van der Waals surface area (Å²) >= 11 is 0. The molecule has 2 aromatic rings. The molecule has 0 N–H and O–H groups in total. The average molecular weight is 364 g/mol. The van der Waals surface area contributed by atoms with E-state index in [-0.39, 0.29) is 12.4 Å². The van der Waals surface area contributed by atoms with E-state index in [9.17, 15) is 13.6 Å². The van der Waals surface area contributed by atoms with E-state index in [0.29, 0.717) is 22.6 Å². The van der Waals surface area contributed by atoms with Gasteiger partial charge in [-0.2, -0.15) is 8.78 Å². The molecule has 26 heavy (non-hydrogen) atoms. The van der Waals surface area contributed by atoms with Gasteiger partial charge in [-0.3, -0.25) is 0 Å². The molecule has 0 aliphatic rings. The van der Waals surface area contributed by atoms with Gasteiger partial charge in [0.1, 0.15) is 23.9 Å². The van der Waals surface area contributed by atoms with Crippen LogP contribution in [0.3, 0.4) is 0 Å². The second-order valence-electron chi connectivity index (χ2n) is 5.04. The molecule has 7 heteroatoms. The van der Waals surface area contributed by atoms with Gasteiger partial charge in [0.2, 0.25) is 0 Å². The summed E-state index contributed by atoms with van der Waals surface area (Å²) in [5, 5.41) is 0. The van der Waals surface area contributed by atoms with Crippen molar-refractivity contribution in [2.24, 2.45) is 0 Å². The molecule has 0 unspecified atom stereocenters. The van der Waals surface area contributed by atoms with Crippen molar-refractivity contribution < 1.29 is 32.5 Å². The van der Waals surface area contributed by atoms with Crippen LogP contribution in [0.5, 0.6) is 17.2 Å². The largest absolute Gasteiger partial charge is 0.497 e. The van der Waals surface area contributed by atoms with E-state index in [4.69, 9.17) is 14.2 Å². The molecule has 0 radical (unpaired) electrons. The molecule has 5 nitrogen and oxygen atoms in total. The fraction of sp³-hybridized carbons (Fsp3) is 0.211. The van der Waals surface area contributed by atoms with Gasteiger partial charge >= 0.3 is 12.6 Å². The fourth-order valence-electron chi connectivity index (χ4n) is 2.16. The Morgan fingerprint density at radius 1 is 1.08 bits per heavy atom. The fourth-order valence-corrected chi connectivity index (χ4v) is 2.16. The van der Waals surface area contributed by atoms with Crippen molar-refractivity contribution in [2.45, 2.75) is 13.2 Å². The molecule has 2 aromatic carbocycles. The molecule has 138 valence electrons. The molecule has 0 saturated carbocycles. The van der Waals surface area contributed by atoms with Gasteiger partial charge in [-0.1, -0.05) is 18.2 Å². The highest BCUT2D eigenvalue weighted by Crippen LogP contribution is 2.25. The van der Waals surface area contributed by atoms with Crippen molar-refractivity contribution in [3.05, 3.63) is 59.7 Å². The minimum Gasteiger partial charge on any atom is -0.497 e. The van der Waals surface area contributed by atoms with Gasteiger partial charge < -0.3 is 18.9 Å². The van der Waals surface area contributed by atoms with Gasteiger partial charge in [-0.15, -0.1) is 0 Å². The van der Waals surface area contributed by atoms with E-state index in [0.717, 1.165) is 0 Å². The van der Waals surface area contributed by atoms with Gasteiger partial charge in [-0.05, 0) is 30.3 Å². The zero-order chi connectivity index (χ0) is 18.9. The van der Waals surface area contributed by atoms with Gasteiger partial charge in [0.05, 0.1) is 14.2 Å². The Kier molecular flexibility index (Phi) is 6.96. The lowest BCUT2D eigenvalue weighted by Gasteiger charge is -2.10. The number of hydrogen-bond donors (Lipinski definition) is 0. The number of carbonyl (C=O) groups excluding carboxylic acids is 1. The Bertz CT molecular complexity index is 774. The van der Waals surface area contributed by atoms with Crippen molar-refractivity contribution in [3.8, 4) is 17.2 Å². The number of methoxy groups -OCH3 is 2. The molecule has 0 atom stereocenters. The number of rotatable bonds is 8. The van der Waals surface area contributed by atoms with Crippen LogP contribution in [0.15, 0.2) is 48.5 Å². The lowest BCUT2D eigenvalue weighted by Crippen LogP contribution is -2.06. The summed E-state index contributed by atoms with van der Waals surface area (Å²) < 4.78 is 44.6. The summed E-state index contributed by atoms with van der Waals surface area (Å²) in [5.74, 6) is 0.498. The average Bonchev–Trinajstić information content (AvgIpc) is 2.64. The van der Waals surface area contributed by atoms with Crippen molar-refractivity contribution in [3.63, 3.8) is 0 Å². The number of para-hydroxylation sites is 1. The maximum atomic E-state index is 12.4. The highest BCUT2D eigenvalue weighted by molar-refractivity contribution is 5.87. The summed E-state index contributed by atoms with van der Waals surface area (Å²) in [6, 6.07) is 11.3. The van der Waals surface area contributed by atoms with Gasteiger partial charge in [0.25, 0.3) is 0 Å². The smallest absolute Gasteiger partial charge is 0.387 e. The molecule has 0 heterocycles. The van der Waals surface area contributed by atoms with E-state index in [1.807, 2.05) is 0 Å². The predicted octanol–water partition coefficient (Wildman–Crippen LogP) is 4.06. The number of ether oxygens (including phenoxy) is 4. The highest BCUT2D eigenvalue weighted by atomic mass is 19.3. The van der Waals surface area contributed by atoms with Crippen LogP contribution < -0.4 is 14.2 Å². The molecule has 0 bridgehead atoms. The lowest BCUT2D eigenvalue weighted by atomic mass is 10.1.